The predicted octanol–water partition coefficient (Wildman–Crippen LogP) is 5.48. The van der Waals surface area contributed by atoms with Crippen molar-refractivity contribution < 1.29 is 0 Å². The summed E-state index contributed by atoms with van der Waals surface area (Å²) in [5.41, 5.74) is 3.98. The molecule has 19 heavy (non-hydrogen) atoms. The first-order valence-corrected chi connectivity index (χ1v) is 8.27. The molecule has 0 radical (unpaired) electrons. The third-order valence-corrected chi connectivity index (χ3v) is 5.73. The first-order chi connectivity index (χ1) is 9.04. The van der Waals surface area contributed by atoms with E-state index >= 15 is 0 Å². The van der Waals surface area contributed by atoms with E-state index in [2.05, 4.69) is 66.3 Å². The third kappa shape index (κ3) is 3.22. The molecule has 1 atom stereocenters. The van der Waals surface area contributed by atoms with E-state index in [1.165, 1.54) is 21.6 Å². The lowest BCUT2D eigenvalue weighted by Gasteiger charge is -2.21. The van der Waals surface area contributed by atoms with E-state index < -0.39 is 0 Å². The highest BCUT2D eigenvalue weighted by atomic mass is 79.9. The topological polar surface area (TPSA) is 12.0 Å². The van der Waals surface area contributed by atoms with Gasteiger partial charge in [0, 0.05) is 4.88 Å². The number of thiophene rings is 1. The number of benzene rings is 1. The molecule has 0 bridgehead atoms. The van der Waals surface area contributed by atoms with Crippen LogP contribution >= 0.6 is 38.9 Å². The van der Waals surface area contributed by atoms with Crippen LogP contribution in [0, 0.1) is 13.8 Å². The maximum Gasteiger partial charge on any atom is 0.0888 e. The van der Waals surface area contributed by atoms with Gasteiger partial charge in [0.15, 0.2) is 0 Å². The van der Waals surface area contributed by atoms with Crippen molar-refractivity contribution in [2.45, 2.75) is 26.8 Å². The molecule has 2 aromatic rings. The standard InChI is InChI=1S/C15H17BrClNS/c1-4-18-14(12-8-11(17)15(16)19-12)13-9(2)6-5-7-10(13)3/h5-8,14,18H,4H2,1-3H3. The van der Waals surface area contributed by atoms with Crippen LogP contribution in [-0.2, 0) is 0 Å². The SMILES string of the molecule is CCNC(c1cc(Cl)c(Br)s1)c1c(C)cccc1C. The highest BCUT2D eigenvalue weighted by molar-refractivity contribution is 9.11. The van der Waals surface area contributed by atoms with Crippen molar-refractivity contribution in [2.24, 2.45) is 0 Å². The van der Waals surface area contributed by atoms with Crippen LogP contribution in [0.5, 0.6) is 0 Å². The molecule has 102 valence electrons. The number of hydrogen-bond acceptors (Lipinski definition) is 2. The van der Waals surface area contributed by atoms with E-state index in [-0.39, 0.29) is 6.04 Å². The molecule has 1 N–H and O–H groups in total. The van der Waals surface area contributed by atoms with Gasteiger partial charge in [0.1, 0.15) is 0 Å². The average Bonchev–Trinajstić information content (AvgIpc) is 2.68. The Bertz CT molecular complexity index is 540. The number of halogens is 2. The van der Waals surface area contributed by atoms with E-state index in [0.29, 0.717) is 0 Å². The molecule has 0 fully saturated rings. The van der Waals surface area contributed by atoms with Crippen molar-refractivity contribution in [1.29, 1.82) is 0 Å². The van der Waals surface area contributed by atoms with Gasteiger partial charge < -0.3 is 5.32 Å². The summed E-state index contributed by atoms with van der Waals surface area (Å²) in [5, 5.41) is 4.35. The Balaban J connectivity index is 2.51. The summed E-state index contributed by atoms with van der Waals surface area (Å²) >= 11 is 11.4. The molecule has 0 saturated heterocycles. The Morgan fingerprint density at radius 2 is 1.95 bits per heavy atom. The molecular formula is C15H17BrClNS. The largest absolute Gasteiger partial charge is 0.306 e. The second-order valence-electron chi connectivity index (χ2n) is 4.57. The number of nitrogens with one attached hydrogen (secondary N) is 1. The molecule has 1 heterocycles. The molecule has 1 aromatic heterocycles. The number of rotatable bonds is 4. The fourth-order valence-electron chi connectivity index (χ4n) is 2.34. The minimum Gasteiger partial charge on any atom is -0.306 e. The second kappa shape index (κ2) is 6.40. The fraction of sp³-hybridized carbons (Fsp3) is 0.333. The third-order valence-electron chi connectivity index (χ3n) is 3.19. The van der Waals surface area contributed by atoms with Crippen molar-refractivity contribution in [1.82, 2.24) is 5.32 Å². The fourth-order valence-corrected chi connectivity index (χ4v) is 4.17. The minimum atomic E-state index is 0.208. The van der Waals surface area contributed by atoms with Crippen molar-refractivity contribution in [3.63, 3.8) is 0 Å². The first kappa shape index (κ1) is 15.0. The molecular weight excluding hydrogens is 342 g/mol. The van der Waals surface area contributed by atoms with Gasteiger partial charge in [-0.1, -0.05) is 36.7 Å². The molecule has 0 saturated carbocycles. The zero-order valence-electron chi connectivity index (χ0n) is 11.3. The monoisotopic (exact) mass is 357 g/mol. The highest BCUT2D eigenvalue weighted by Gasteiger charge is 2.20. The zero-order chi connectivity index (χ0) is 14.0. The van der Waals surface area contributed by atoms with Gasteiger partial charge in [-0.05, 0) is 59.1 Å². The van der Waals surface area contributed by atoms with Gasteiger partial charge in [0.2, 0.25) is 0 Å². The van der Waals surface area contributed by atoms with E-state index in [4.69, 9.17) is 11.6 Å². The van der Waals surface area contributed by atoms with Crippen LogP contribution in [0.15, 0.2) is 28.1 Å². The smallest absolute Gasteiger partial charge is 0.0888 e. The van der Waals surface area contributed by atoms with Gasteiger partial charge in [0.05, 0.1) is 14.9 Å². The van der Waals surface area contributed by atoms with Gasteiger partial charge in [-0.2, -0.15) is 0 Å². The Labute approximate surface area is 132 Å². The summed E-state index contributed by atoms with van der Waals surface area (Å²) in [6, 6.07) is 8.69. The summed E-state index contributed by atoms with van der Waals surface area (Å²) in [4.78, 5) is 1.25. The second-order valence-corrected chi connectivity index (χ2v) is 7.38. The number of aryl methyl sites for hydroxylation is 2. The zero-order valence-corrected chi connectivity index (χ0v) is 14.4. The van der Waals surface area contributed by atoms with Crippen molar-refractivity contribution in [3.05, 3.63) is 54.6 Å². The van der Waals surface area contributed by atoms with Crippen molar-refractivity contribution in [3.8, 4) is 0 Å². The highest BCUT2D eigenvalue weighted by Crippen LogP contribution is 2.38. The molecule has 1 unspecified atom stereocenters. The molecule has 0 aliphatic heterocycles. The Kier molecular flexibility index (Phi) is 5.07. The Morgan fingerprint density at radius 1 is 1.32 bits per heavy atom. The maximum absolute atomic E-state index is 6.18. The van der Waals surface area contributed by atoms with Gasteiger partial charge in [-0.25, -0.2) is 0 Å². The molecule has 0 aliphatic carbocycles. The molecule has 0 amide bonds. The lowest BCUT2D eigenvalue weighted by atomic mass is 9.95. The molecule has 4 heteroatoms. The van der Waals surface area contributed by atoms with E-state index in [0.717, 1.165) is 15.4 Å². The van der Waals surface area contributed by atoms with Crippen LogP contribution in [0.1, 0.15) is 34.5 Å². The minimum absolute atomic E-state index is 0.208. The molecule has 0 spiro atoms. The van der Waals surface area contributed by atoms with Crippen LogP contribution in [-0.4, -0.2) is 6.54 Å². The normalized spacial score (nSPS) is 12.7. The Morgan fingerprint density at radius 3 is 2.42 bits per heavy atom. The molecule has 1 aromatic carbocycles. The van der Waals surface area contributed by atoms with E-state index in [1.54, 1.807) is 11.3 Å². The predicted molar refractivity (Wildman–Crippen MR) is 88.5 cm³/mol. The summed E-state index contributed by atoms with van der Waals surface area (Å²) in [5.74, 6) is 0. The van der Waals surface area contributed by atoms with Crippen LogP contribution in [0.25, 0.3) is 0 Å². The van der Waals surface area contributed by atoms with Crippen molar-refractivity contribution >= 4 is 38.9 Å². The Hall–Kier alpha value is -0.350. The number of hydrogen-bond donors (Lipinski definition) is 1. The van der Waals surface area contributed by atoms with Crippen LogP contribution in [0.4, 0.5) is 0 Å². The lowest BCUT2D eigenvalue weighted by Crippen LogP contribution is -2.22. The van der Waals surface area contributed by atoms with Crippen molar-refractivity contribution in [2.75, 3.05) is 6.54 Å². The van der Waals surface area contributed by atoms with Crippen LogP contribution < -0.4 is 5.32 Å². The molecule has 2 rings (SSSR count). The lowest BCUT2D eigenvalue weighted by molar-refractivity contribution is 0.633. The van der Waals surface area contributed by atoms with Gasteiger partial charge in [-0.3, -0.25) is 0 Å². The summed E-state index contributed by atoms with van der Waals surface area (Å²) in [6.07, 6.45) is 0. The van der Waals surface area contributed by atoms with E-state index in [9.17, 15) is 0 Å². The maximum atomic E-state index is 6.18. The van der Waals surface area contributed by atoms with Gasteiger partial charge >= 0.3 is 0 Å². The quantitative estimate of drug-likeness (QED) is 0.763. The van der Waals surface area contributed by atoms with Crippen LogP contribution in [0.3, 0.4) is 0 Å². The average molecular weight is 359 g/mol. The first-order valence-electron chi connectivity index (χ1n) is 6.28. The summed E-state index contributed by atoms with van der Waals surface area (Å²) < 4.78 is 0.998. The van der Waals surface area contributed by atoms with Gasteiger partial charge in [0.25, 0.3) is 0 Å². The summed E-state index contributed by atoms with van der Waals surface area (Å²) in [7, 11) is 0. The molecule has 0 aliphatic rings. The van der Waals surface area contributed by atoms with Crippen LogP contribution in [0.2, 0.25) is 5.02 Å². The van der Waals surface area contributed by atoms with E-state index in [1.807, 2.05) is 0 Å². The summed E-state index contributed by atoms with van der Waals surface area (Å²) in [6.45, 7) is 7.38. The molecule has 1 nitrogen and oxygen atoms in total. The van der Waals surface area contributed by atoms with Gasteiger partial charge in [-0.15, -0.1) is 11.3 Å².